The molecule has 4 aromatic rings. The zero-order valence-electron chi connectivity index (χ0n) is 22.8. The van der Waals surface area contributed by atoms with Gasteiger partial charge in [0.05, 0.1) is 26.2 Å². The molecule has 0 bridgehead atoms. The van der Waals surface area contributed by atoms with Gasteiger partial charge in [-0.05, 0) is 49.2 Å². The van der Waals surface area contributed by atoms with Gasteiger partial charge < -0.3 is 19.0 Å². The number of thioether (sulfide) groups is 2. The number of aryl methyl sites for hydroxylation is 2. The van der Waals surface area contributed by atoms with E-state index < -0.39 is 0 Å². The topological polar surface area (TPSA) is 166 Å². The number of nitrogens with zero attached hydrogens (tertiary/aromatic N) is 8. The van der Waals surface area contributed by atoms with Crippen LogP contribution in [0.5, 0.6) is 11.5 Å². The van der Waals surface area contributed by atoms with E-state index in [4.69, 9.17) is 8.83 Å². The van der Waals surface area contributed by atoms with E-state index in [-0.39, 0.29) is 22.9 Å². The first-order chi connectivity index (χ1) is 20.5. The maximum absolute atomic E-state index is 10.5. The number of amidine groups is 2. The molecule has 2 aliphatic heterocycles. The van der Waals surface area contributed by atoms with Gasteiger partial charge in [0.2, 0.25) is 21.4 Å². The van der Waals surface area contributed by atoms with E-state index in [2.05, 4.69) is 40.4 Å². The standard InChI is InChI=1S/C28H26N8O4S2/c1-15-13-21(39-25-17(15)3-5-19(37)23(25)33-35-27-31-9-11-41-27)29-7-8-30-22-14-16(2)18-4-6-20(38)24(26(18)40-22)34-36-28-32-10-12-42-28/h3-6,13-14,37-38H,7-12H2,1-2H3. The third kappa shape index (κ3) is 5.99. The van der Waals surface area contributed by atoms with E-state index in [9.17, 15) is 10.2 Å². The Morgan fingerprint density at radius 3 is 1.55 bits per heavy atom. The summed E-state index contributed by atoms with van der Waals surface area (Å²) in [5.74, 6) is 1.64. The Morgan fingerprint density at radius 2 is 1.14 bits per heavy atom. The fourth-order valence-corrected chi connectivity index (χ4v) is 5.66. The molecule has 2 aromatic heterocycles. The van der Waals surface area contributed by atoms with Gasteiger partial charge in [0, 0.05) is 34.4 Å². The van der Waals surface area contributed by atoms with Gasteiger partial charge in [0.25, 0.3) is 0 Å². The molecule has 42 heavy (non-hydrogen) atoms. The van der Waals surface area contributed by atoms with Crippen molar-refractivity contribution < 1.29 is 19.0 Å². The summed E-state index contributed by atoms with van der Waals surface area (Å²) in [4.78, 5) is 17.7. The Bertz CT molecular complexity index is 1820. The number of phenols is 2. The summed E-state index contributed by atoms with van der Waals surface area (Å²) in [6, 6.07) is 10.4. The Hall–Kier alpha value is -4.30. The summed E-state index contributed by atoms with van der Waals surface area (Å²) < 4.78 is 12.1. The average Bonchev–Trinajstić information content (AvgIpc) is 3.69. The summed E-state index contributed by atoms with van der Waals surface area (Å²) in [5.41, 5.74) is 3.82. The third-order valence-electron chi connectivity index (χ3n) is 6.41. The number of phenolic OH excluding ortho intramolecular Hbond substituents is 2. The average molecular weight is 603 g/mol. The van der Waals surface area contributed by atoms with Gasteiger partial charge >= 0.3 is 0 Å². The summed E-state index contributed by atoms with van der Waals surface area (Å²) in [6.07, 6.45) is 0. The van der Waals surface area contributed by atoms with Crippen LogP contribution in [0.15, 0.2) is 85.7 Å². The zero-order valence-corrected chi connectivity index (χ0v) is 24.4. The molecule has 0 spiro atoms. The fourth-order valence-electron chi connectivity index (χ4n) is 4.37. The van der Waals surface area contributed by atoms with E-state index in [1.54, 1.807) is 24.3 Å². The third-order valence-corrected chi connectivity index (χ3v) is 8.12. The molecular formula is C28H26N8O4S2. The smallest absolute Gasteiger partial charge is 0.215 e. The van der Waals surface area contributed by atoms with Crippen LogP contribution in [0.1, 0.15) is 11.1 Å². The Morgan fingerprint density at radius 1 is 0.690 bits per heavy atom. The molecule has 14 heteroatoms. The lowest BCUT2D eigenvalue weighted by atomic mass is 10.1. The van der Waals surface area contributed by atoms with Crippen LogP contribution in [0.2, 0.25) is 0 Å². The number of hydrogen-bond donors (Lipinski definition) is 2. The van der Waals surface area contributed by atoms with Gasteiger partial charge in [0.15, 0.2) is 22.5 Å². The van der Waals surface area contributed by atoms with Crippen molar-refractivity contribution in [2.45, 2.75) is 13.8 Å². The number of rotatable bonds is 5. The fraction of sp³-hybridized carbons (Fsp3) is 0.286. The molecule has 2 N–H and O–H groups in total. The first kappa shape index (κ1) is 27.8. The quantitative estimate of drug-likeness (QED) is 0.207. The maximum Gasteiger partial charge on any atom is 0.215 e. The molecule has 0 saturated carbocycles. The highest BCUT2D eigenvalue weighted by Crippen LogP contribution is 2.37. The predicted octanol–water partition coefficient (Wildman–Crippen LogP) is 6.08. The summed E-state index contributed by atoms with van der Waals surface area (Å²) in [6.45, 7) is 5.91. The van der Waals surface area contributed by atoms with Crippen LogP contribution in [0.25, 0.3) is 21.9 Å². The van der Waals surface area contributed by atoms with Crippen molar-refractivity contribution in [1.82, 2.24) is 0 Å². The first-order valence-corrected chi connectivity index (χ1v) is 15.2. The molecule has 0 aliphatic carbocycles. The Balaban J connectivity index is 1.29. The van der Waals surface area contributed by atoms with Gasteiger partial charge in [-0.3, -0.25) is 9.98 Å². The normalized spacial score (nSPS) is 16.5. The van der Waals surface area contributed by atoms with E-state index in [0.29, 0.717) is 58.8 Å². The van der Waals surface area contributed by atoms with E-state index in [0.717, 1.165) is 33.4 Å². The largest absolute Gasteiger partial charge is 0.505 e. The predicted molar refractivity (Wildman–Crippen MR) is 165 cm³/mol. The van der Waals surface area contributed by atoms with Crippen molar-refractivity contribution in [3.05, 3.63) is 58.6 Å². The lowest BCUT2D eigenvalue weighted by Crippen LogP contribution is -2.07. The molecule has 0 radical (unpaired) electrons. The van der Waals surface area contributed by atoms with Crippen LogP contribution in [-0.4, -0.2) is 58.2 Å². The van der Waals surface area contributed by atoms with Crippen molar-refractivity contribution >= 4 is 67.2 Å². The molecular weight excluding hydrogens is 576 g/mol. The number of azo groups is 2. The molecule has 2 aromatic carbocycles. The number of hydrogen-bond acceptors (Lipinski definition) is 14. The highest BCUT2D eigenvalue weighted by molar-refractivity contribution is 8.14. The van der Waals surface area contributed by atoms with Crippen LogP contribution < -0.4 is 11.1 Å². The molecule has 0 saturated heterocycles. The van der Waals surface area contributed by atoms with Gasteiger partial charge in [0.1, 0.15) is 11.5 Å². The molecule has 214 valence electrons. The van der Waals surface area contributed by atoms with Crippen molar-refractivity contribution in [1.29, 1.82) is 0 Å². The molecule has 6 rings (SSSR count). The van der Waals surface area contributed by atoms with Crippen LogP contribution in [0, 0.1) is 13.8 Å². The van der Waals surface area contributed by atoms with E-state index in [1.165, 1.54) is 23.5 Å². The minimum absolute atomic E-state index is 0.0432. The summed E-state index contributed by atoms with van der Waals surface area (Å²) in [5, 5.41) is 40.5. The van der Waals surface area contributed by atoms with E-state index in [1.807, 2.05) is 26.0 Å². The number of fused-ring (bicyclic) bond motifs is 2. The minimum Gasteiger partial charge on any atom is -0.505 e. The van der Waals surface area contributed by atoms with Gasteiger partial charge in [-0.2, -0.15) is 0 Å². The SMILES string of the molecule is Cc1cc(=NCCN=c2cc(C)c3ccc(O)c(N=NC4=NCCS4)c3o2)oc2c(N=NC3=NCCS3)c(O)ccc12. The highest BCUT2D eigenvalue weighted by atomic mass is 32.2. The molecule has 0 amide bonds. The lowest BCUT2D eigenvalue weighted by Gasteiger charge is -2.06. The first-order valence-electron chi connectivity index (χ1n) is 13.2. The number of benzene rings is 2. The van der Waals surface area contributed by atoms with Crippen LogP contribution in [0.3, 0.4) is 0 Å². The second-order valence-corrected chi connectivity index (χ2v) is 11.5. The van der Waals surface area contributed by atoms with Crippen LogP contribution >= 0.6 is 23.5 Å². The van der Waals surface area contributed by atoms with Crippen LogP contribution in [-0.2, 0) is 0 Å². The second-order valence-electron chi connectivity index (χ2n) is 9.34. The van der Waals surface area contributed by atoms with Crippen molar-refractivity contribution in [2.24, 2.45) is 40.4 Å². The van der Waals surface area contributed by atoms with Crippen molar-refractivity contribution in [3.63, 3.8) is 0 Å². The molecule has 12 nitrogen and oxygen atoms in total. The monoisotopic (exact) mass is 602 g/mol. The molecule has 0 fully saturated rings. The van der Waals surface area contributed by atoms with Gasteiger partial charge in [-0.1, -0.05) is 23.5 Å². The zero-order chi connectivity index (χ0) is 29.1. The minimum atomic E-state index is -0.0432. The van der Waals surface area contributed by atoms with Crippen LogP contribution in [0.4, 0.5) is 11.4 Å². The number of aliphatic imine (C=N–C) groups is 2. The van der Waals surface area contributed by atoms with E-state index >= 15 is 0 Å². The molecule has 0 atom stereocenters. The molecule has 2 aliphatic rings. The highest BCUT2D eigenvalue weighted by Gasteiger charge is 2.14. The molecule has 4 heterocycles. The summed E-state index contributed by atoms with van der Waals surface area (Å²) >= 11 is 3.03. The second kappa shape index (κ2) is 12.3. The lowest BCUT2D eigenvalue weighted by molar-refractivity contribution is 0.472. The van der Waals surface area contributed by atoms with Gasteiger partial charge in [-0.25, -0.2) is 9.98 Å². The Kier molecular flexibility index (Phi) is 8.15. The van der Waals surface area contributed by atoms with Gasteiger partial charge in [-0.15, -0.1) is 20.5 Å². The van der Waals surface area contributed by atoms with Crippen molar-refractivity contribution in [2.75, 3.05) is 37.7 Å². The van der Waals surface area contributed by atoms with Crippen molar-refractivity contribution in [3.8, 4) is 11.5 Å². The number of aromatic hydroxyl groups is 2. The summed E-state index contributed by atoms with van der Waals surface area (Å²) in [7, 11) is 0. The Labute approximate surface area is 247 Å². The maximum atomic E-state index is 10.5. The molecule has 0 unspecified atom stereocenters.